The van der Waals surface area contributed by atoms with Gasteiger partial charge in [0.1, 0.15) is 24.7 Å². The molecule has 4 rings (SSSR count). The zero-order valence-electron chi connectivity index (χ0n) is 22.6. The number of amides is 3. The first-order chi connectivity index (χ1) is 20.2. The van der Waals surface area contributed by atoms with Crippen molar-refractivity contribution in [1.29, 1.82) is 0 Å². The van der Waals surface area contributed by atoms with E-state index in [4.69, 9.17) is 4.74 Å². The smallest absolute Gasteiger partial charge is 0.408 e. The number of carboxylic acids is 2. The van der Waals surface area contributed by atoms with E-state index in [9.17, 15) is 34.2 Å². The fourth-order valence-corrected chi connectivity index (χ4v) is 4.78. The second kappa shape index (κ2) is 13.9. The number of aliphatic carboxylic acids is 2. The second-order valence-corrected chi connectivity index (χ2v) is 9.84. The summed E-state index contributed by atoms with van der Waals surface area (Å²) in [4.78, 5) is 64.0. The van der Waals surface area contributed by atoms with E-state index in [0.29, 0.717) is 11.3 Å². The van der Waals surface area contributed by atoms with Gasteiger partial charge in [-0.3, -0.25) is 14.5 Å². The Morgan fingerprint density at radius 1 is 0.810 bits per heavy atom. The summed E-state index contributed by atoms with van der Waals surface area (Å²) >= 11 is 0. The van der Waals surface area contributed by atoms with Crippen molar-refractivity contribution < 1.29 is 38.9 Å². The first-order valence-electron chi connectivity index (χ1n) is 13.4. The molecule has 4 N–H and O–H groups in total. The van der Waals surface area contributed by atoms with Gasteiger partial charge in [0.2, 0.25) is 11.8 Å². The van der Waals surface area contributed by atoms with Gasteiger partial charge in [0.15, 0.2) is 0 Å². The van der Waals surface area contributed by atoms with Crippen LogP contribution >= 0.6 is 0 Å². The highest BCUT2D eigenvalue weighted by Gasteiger charge is 2.38. The van der Waals surface area contributed by atoms with E-state index in [-0.39, 0.29) is 32.3 Å². The van der Waals surface area contributed by atoms with E-state index in [1.165, 1.54) is 4.90 Å². The number of alkyl carbamates (subject to hydrolysis) is 1. The number of hydrogen-bond acceptors (Lipinski definition) is 6. The molecule has 1 unspecified atom stereocenters. The van der Waals surface area contributed by atoms with Gasteiger partial charge in [-0.2, -0.15) is 0 Å². The molecule has 3 aromatic rings. The maximum absolute atomic E-state index is 13.3. The van der Waals surface area contributed by atoms with Crippen LogP contribution in [0.1, 0.15) is 29.5 Å². The Balaban J connectivity index is 1.42. The zero-order chi connectivity index (χ0) is 30.1. The van der Waals surface area contributed by atoms with Crippen LogP contribution < -0.4 is 15.5 Å². The summed E-state index contributed by atoms with van der Waals surface area (Å²) in [5.74, 6) is -3.89. The summed E-state index contributed by atoms with van der Waals surface area (Å²) < 4.78 is 5.25. The number of benzene rings is 3. The van der Waals surface area contributed by atoms with Crippen molar-refractivity contribution in [3.63, 3.8) is 0 Å². The number of nitrogens with one attached hydrogen (secondary N) is 2. The minimum atomic E-state index is -1.47. The molecule has 0 aromatic heterocycles. The summed E-state index contributed by atoms with van der Waals surface area (Å²) in [6, 6.07) is 20.9. The quantitative estimate of drug-likeness (QED) is 0.257. The second-order valence-electron chi connectivity index (χ2n) is 9.84. The number of carbonyl (C=O) groups excluding carboxylic acids is 3. The lowest BCUT2D eigenvalue weighted by molar-refractivity contribution is -0.143. The molecule has 3 amide bonds. The number of rotatable bonds is 12. The number of nitrogens with zero attached hydrogens (tertiary/aromatic N) is 1. The Bertz CT molecular complexity index is 1430. The van der Waals surface area contributed by atoms with Crippen molar-refractivity contribution in [1.82, 2.24) is 10.6 Å². The molecular formula is C31H31N3O8. The minimum absolute atomic E-state index is 0.0246. The fourth-order valence-electron chi connectivity index (χ4n) is 4.78. The van der Waals surface area contributed by atoms with E-state index in [0.717, 1.165) is 11.1 Å². The number of carbonyl (C=O) groups is 5. The number of para-hydroxylation sites is 1. The van der Waals surface area contributed by atoms with Crippen LogP contribution in [0.2, 0.25) is 0 Å². The lowest BCUT2D eigenvalue weighted by atomic mass is 10.0. The topological polar surface area (TPSA) is 162 Å². The zero-order valence-corrected chi connectivity index (χ0v) is 22.6. The summed E-state index contributed by atoms with van der Waals surface area (Å²) in [5.41, 5.74) is 2.64. The van der Waals surface area contributed by atoms with Gasteiger partial charge in [-0.1, -0.05) is 78.9 Å². The largest absolute Gasteiger partial charge is 0.480 e. The normalized spacial score (nSPS) is 15.1. The molecule has 1 aliphatic rings. The summed E-state index contributed by atoms with van der Waals surface area (Å²) in [5, 5.41) is 24.4. The molecule has 1 heterocycles. The van der Waals surface area contributed by atoms with Gasteiger partial charge < -0.3 is 25.6 Å². The van der Waals surface area contributed by atoms with Crippen LogP contribution in [-0.4, -0.2) is 58.2 Å². The van der Waals surface area contributed by atoms with Crippen LogP contribution in [0, 0.1) is 0 Å². The van der Waals surface area contributed by atoms with Gasteiger partial charge in [0, 0.05) is 24.9 Å². The molecule has 11 nitrogen and oxygen atoms in total. The standard InChI is InChI=1S/C31H31N3O8/c35-27(34-25-14-8-7-13-22(25)18-26(34)30(39)40)16-15-23(29(37)38)32-28(36)24(17-20-9-3-1-4-10-20)33-31(41)42-19-21-11-5-2-6-12-21/h1-14,23-24,26H,15-19H2,(H,32,36)(H,33,41)(H,37,38)(H,39,40)/t23-,24-,26?/m0/s1. The maximum Gasteiger partial charge on any atom is 0.408 e. The van der Waals surface area contributed by atoms with Crippen molar-refractivity contribution >= 4 is 35.5 Å². The number of fused-ring (bicyclic) bond motifs is 1. The van der Waals surface area contributed by atoms with Crippen LogP contribution in [-0.2, 0) is 43.4 Å². The van der Waals surface area contributed by atoms with Gasteiger partial charge in [-0.05, 0) is 29.2 Å². The number of anilines is 1. The third kappa shape index (κ3) is 7.72. The third-order valence-corrected chi connectivity index (χ3v) is 6.90. The van der Waals surface area contributed by atoms with Gasteiger partial charge >= 0.3 is 18.0 Å². The Hall–Kier alpha value is -5.19. The van der Waals surface area contributed by atoms with E-state index in [2.05, 4.69) is 10.6 Å². The molecule has 0 spiro atoms. The predicted octanol–water partition coefficient (Wildman–Crippen LogP) is 2.92. The highest BCUT2D eigenvalue weighted by molar-refractivity contribution is 6.02. The van der Waals surface area contributed by atoms with Gasteiger partial charge in [0.25, 0.3) is 0 Å². The predicted molar refractivity (Wildman–Crippen MR) is 152 cm³/mol. The molecule has 42 heavy (non-hydrogen) atoms. The van der Waals surface area contributed by atoms with Crippen LogP contribution in [0.3, 0.4) is 0 Å². The molecular weight excluding hydrogens is 542 g/mol. The van der Waals surface area contributed by atoms with Crippen LogP contribution in [0.25, 0.3) is 0 Å². The highest BCUT2D eigenvalue weighted by atomic mass is 16.5. The number of hydrogen-bond donors (Lipinski definition) is 4. The molecule has 0 saturated carbocycles. The lowest BCUT2D eigenvalue weighted by Gasteiger charge is -2.24. The van der Waals surface area contributed by atoms with E-state index >= 15 is 0 Å². The number of carboxylic acid groups (broad SMARTS) is 2. The Labute approximate surface area is 242 Å². The average molecular weight is 574 g/mol. The average Bonchev–Trinajstić information content (AvgIpc) is 3.39. The molecule has 218 valence electrons. The molecule has 11 heteroatoms. The minimum Gasteiger partial charge on any atom is -0.480 e. The van der Waals surface area contributed by atoms with E-state index < -0.39 is 48.0 Å². The SMILES string of the molecule is O=C(N[C@@H](Cc1ccccc1)C(=O)N[C@@H](CCC(=O)N1c2ccccc2CC1C(=O)O)C(=O)O)OCc1ccccc1. The molecule has 0 aliphatic carbocycles. The van der Waals surface area contributed by atoms with Gasteiger partial charge in [0.05, 0.1) is 0 Å². The Morgan fingerprint density at radius 2 is 1.43 bits per heavy atom. The van der Waals surface area contributed by atoms with Crippen molar-refractivity contribution in [2.75, 3.05) is 4.90 Å². The third-order valence-electron chi connectivity index (χ3n) is 6.90. The van der Waals surface area contributed by atoms with E-state index in [1.54, 1.807) is 78.9 Å². The van der Waals surface area contributed by atoms with Crippen LogP contribution in [0.15, 0.2) is 84.9 Å². The lowest BCUT2D eigenvalue weighted by Crippen LogP contribution is -2.53. The monoisotopic (exact) mass is 573 g/mol. The van der Waals surface area contributed by atoms with E-state index in [1.807, 2.05) is 6.07 Å². The molecule has 0 saturated heterocycles. The van der Waals surface area contributed by atoms with Gasteiger partial charge in [-0.15, -0.1) is 0 Å². The van der Waals surface area contributed by atoms with Gasteiger partial charge in [-0.25, -0.2) is 14.4 Å². The maximum atomic E-state index is 13.3. The first kappa shape index (κ1) is 29.8. The molecule has 3 atom stereocenters. The van der Waals surface area contributed by atoms with Crippen LogP contribution in [0.5, 0.6) is 0 Å². The van der Waals surface area contributed by atoms with Crippen molar-refractivity contribution in [3.8, 4) is 0 Å². The number of ether oxygens (including phenoxy) is 1. The molecule has 1 aliphatic heterocycles. The van der Waals surface area contributed by atoms with Crippen molar-refractivity contribution in [2.24, 2.45) is 0 Å². The molecule has 0 bridgehead atoms. The molecule has 3 aromatic carbocycles. The Kier molecular flexibility index (Phi) is 9.88. The fraction of sp³-hybridized carbons (Fsp3) is 0.258. The van der Waals surface area contributed by atoms with Crippen molar-refractivity contribution in [3.05, 3.63) is 102 Å². The summed E-state index contributed by atoms with van der Waals surface area (Å²) in [6.45, 7) is -0.0246. The Morgan fingerprint density at radius 3 is 2.07 bits per heavy atom. The summed E-state index contributed by atoms with van der Waals surface area (Å²) in [7, 11) is 0. The highest BCUT2D eigenvalue weighted by Crippen LogP contribution is 2.33. The van der Waals surface area contributed by atoms with Crippen LogP contribution in [0.4, 0.5) is 10.5 Å². The molecule has 0 fully saturated rings. The first-order valence-corrected chi connectivity index (χ1v) is 13.4. The molecule has 0 radical (unpaired) electrons. The summed E-state index contributed by atoms with van der Waals surface area (Å²) in [6.07, 6.45) is -1.27. The van der Waals surface area contributed by atoms with Crippen molar-refractivity contribution in [2.45, 2.75) is 50.4 Å².